The van der Waals surface area contributed by atoms with E-state index in [1.165, 1.54) is 12.1 Å². The zero-order valence-corrected chi connectivity index (χ0v) is 12.3. The van der Waals surface area contributed by atoms with Gasteiger partial charge in [0.15, 0.2) is 0 Å². The van der Waals surface area contributed by atoms with Gasteiger partial charge < -0.3 is 10.0 Å². The van der Waals surface area contributed by atoms with Crippen molar-refractivity contribution in [1.82, 2.24) is 9.80 Å². The molecule has 118 valence electrons. The summed E-state index contributed by atoms with van der Waals surface area (Å²) in [5.41, 5.74) is 0.0666. The van der Waals surface area contributed by atoms with E-state index >= 15 is 0 Å². The molecule has 3 nitrogen and oxygen atoms in total. The van der Waals surface area contributed by atoms with Gasteiger partial charge in [-0.1, -0.05) is 12.1 Å². The Morgan fingerprint density at radius 2 is 1.86 bits per heavy atom. The number of piperazine rings is 1. The van der Waals surface area contributed by atoms with Crippen LogP contribution in [0.2, 0.25) is 0 Å². The molecule has 0 spiro atoms. The summed E-state index contributed by atoms with van der Waals surface area (Å²) in [6.07, 6.45) is -4.32. The Labute approximate surface area is 123 Å². The van der Waals surface area contributed by atoms with Gasteiger partial charge in [-0.15, -0.1) is 0 Å². The molecule has 1 aromatic carbocycles. The van der Waals surface area contributed by atoms with Gasteiger partial charge in [-0.05, 0) is 31.7 Å². The zero-order chi connectivity index (χ0) is 15.6. The summed E-state index contributed by atoms with van der Waals surface area (Å²) in [5.74, 6) is 0. The highest BCUT2D eigenvalue weighted by Crippen LogP contribution is 2.31. The van der Waals surface area contributed by atoms with Gasteiger partial charge in [-0.2, -0.15) is 13.2 Å². The van der Waals surface area contributed by atoms with Crippen molar-refractivity contribution in [3.8, 4) is 0 Å². The molecule has 1 aliphatic heterocycles. The summed E-state index contributed by atoms with van der Waals surface area (Å²) >= 11 is 0. The summed E-state index contributed by atoms with van der Waals surface area (Å²) in [6.45, 7) is 4.49. The maximum Gasteiger partial charge on any atom is 0.416 e. The first kappa shape index (κ1) is 16.3. The van der Waals surface area contributed by atoms with E-state index in [9.17, 15) is 18.3 Å². The molecule has 0 aromatic heterocycles. The first-order chi connectivity index (χ1) is 9.82. The minimum Gasteiger partial charge on any atom is -0.394 e. The molecule has 0 bridgehead atoms. The monoisotopic (exact) mass is 302 g/mol. The van der Waals surface area contributed by atoms with Crippen LogP contribution in [0.1, 0.15) is 24.1 Å². The van der Waals surface area contributed by atoms with E-state index in [1.807, 2.05) is 7.05 Å². The summed E-state index contributed by atoms with van der Waals surface area (Å²) < 4.78 is 37.8. The molecule has 1 aliphatic rings. The topological polar surface area (TPSA) is 26.7 Å². The number of aliphatic hydroxyl groups excluding tert-OH is 1. The van der Waals surface area contributed by atoms with Crippen LogP contribution in [-0.2, 0) is 6.18 Å². The maximum atomic E-state index is 12.6. The Bertz CT molecular complexity index is 461. The van der Waals surface area contributed by atoms with E-state index < -0.39 is 11.7 Å². The highest BCUT2D eigenvalue weighted by Gasteiger charge is 2.31. The fraction of sp³-hybridized carbons (Fsp3) is 0.600. The Hall–Kier alpha value is -1.11. The van der Waals surface area contributed by atoms with Crippen LogP contribution in [0.25, 0.3) is 0 Å². The van der Waals surface area contributed by atoms with Crippen molar-refractivity contribution in [2.75, 3.05) is 33.3 Å². The smallest absolute Gasteiger partial charge is 0.394 e. The first-order valence-corrected chi connectivity index (χ1v) is 7.05. The molecule has 0 amide bonds. The third-order valence-electron chi connectivity index (χ3n) is 4.23. The number of nitrogens with zero attached hydrogens (tertiary/aromatic N) is 2. The first-order valence-electron chi connectivity index (χ1n) is 7.05. The van der Waals surface area contributed by atoms with Gasteiger partial charge in [0.05, 0.1) is 18.2 Å². The molecule has 0 radical (unpaired) electrons. The lowest BCUT2D eigenvalue weighted by Gasteiger charge is -2.41. The summed E-state index contributed by atoms with van der Waals surface area (Å²) in [7, 11) is 2.05. The van der Waals surface area contributed by atoms with Gasteiger partial charge in [0, 0.05) is 25.7 Å². The lowest BCUT2D eigenvalue weighted by Crippen LogP contribution is -2.51. The Morgan fingerprint density at radius 3 is 2.33 bits per heavy atom. The van der Waals surface area contributed by atoms with Gasteiger partial charge in [-0.25, -0.2) is 0 Å². The molecule has 1 N–H and O–H groups in total. The number of hydrogen-bond acceptors (Lipinski definition) is 3. The van der Waals surface area contributed by atoms with Crippen molar-refractivity contribution in [3.63, 3.8) is 0 Å². The van der Waals surface area contributed by atoms with Gasteiger partial charge >= 0.3 is 6.18 Å². The standard InChI is InChI=1S/C15H21F3N2O/c1-11-9-20(8-7-19(11)2)14(10-21)12-3-5-13(6-4-12)15(16,17)18/h3-6,11,14,21H,7-10H2,1-2H3. The van der Waals surface area contributed by atoms with Gasteiger partial charge in [0.1, 0.15) is 0 Å². The summed E-state index contributed by atoms with van der Waals surface area (Å²) in [5, 5.41) is 9.64. The Morgan fingerprint density at radius 1 is 1.24 bits per heavy atom. The largest absolute Gasteiger partial charge is 0.416 e. The lowest BCUT2D eigenvalue weighted by atomic mass is 10.0. The average molecular weight is 302 g/mol. The van der Waals surface area contributed by atoms with Gasteiger partial charge in [0.2, 0.25) is 0 Å². The highest BCUT2D eigenvalue weighted by atomic mass is 19.4. The molecule has 0 aliphatic carbocycles. The van der Waals surface area contributed by atoms with Crippen LogP contribution in [-0.4, -0.2) is 54.2 Å². The van der Waals surface area contributed by atoms with Crippen molar-refractivity contribution in [1.29, 1.82) is 0 Å². The number of rotatable bonds is 3. The molecule has 2 rings (SSSR count). The highest BCUT2D eigenvalue weighted by molar-refractivity contribution is 5.27. The number of likely N-dealkylation sites (N-methyl/N-ethyl adjacent to an activating group) is 1. The summed E-state index contributed by atoms with van der Waals surface area (Å²) in [4.78, 5) is 4.37. The van der Waals surface area contributed by atoms with Crippen molar-refractivity contribution in [2.24, 2.45) is 0 Å². The van der Waals surface area contributed by atoms with Crippen LogP contribution in [0.15, 0.2) is 24.3 Å². The van der Waals surface area contributed by atoms with E-state index in [4.69, 9.17) is 0 Å². The van der Waals surface area contributed by atoms with Crippen LogP contribution in [0.4, 0.5) is 13.2 Å². The fourth-order valence-corrected chi connectivity index (χ4v) is 2.69. The van der Waals surface area contributed by atoms with Crippen LogP contribution in [0.5, 0.6) is 0 Å². The second-order valence-corrected chi connectivity index (χ2v) is 5.64. The average Bonchev–Trinajstić information content (AvgIpc) is 2.43. The molecule has 1 aromatic rings. The van der Waals surface area contributed by atoms with Crippen molar-refractivity contribution in [3.05, 3.63) is 35.4 Å². The van der Waals surface area contributed by atoms with E-state index in [0.29, 0.717) is 6.04 Å². The number of hydrogen-bond donors (Lipinski definition) is 1. The van der Waals surface area contributed by atoms with Gasteiger partial charge in [0.25, 0.3) is 0 Å². The second kappa shape index (κ2) is 6.34. The van der Waals surface area contributed by atoms with E-state index in [1.54, 1.807) is 0 Å². The predicted molar refractivity (Wildman–Crippen MR) is 74.9 cm³/mol. The molecule has 6 heteroatoms. The molecular weight excluding hydrogens is 281 g/mol. The predicted octanol–water partition coefficient (Wildman–Crippen LogP) is 2.37. The minimum absolute atomic E-state index is 0.0954. The third kappa shape index (κ3) is 3.75. The van der Waals surface area contributed by atoms with Gasteiger partial charge in [-0.3, -0.25) is 4.90 Å². The van der Waals surface area contributed by atoms with Crippen molar-refractivity contribution < 1.29 is 18.3 Å². The normalized spacial score (nSPS) is 23.2. The number of benzene rings is 1. The lowest BCUT2D eigenvalue weighted by molar-refractivity contribution is -0.137. The molecular formula is C15H21F3N2O. The number of alkyl halides is 3. The maximum absolute atomic E-state index is 12.6. The SMILES string of the molecule is CC1CN(C(CO)c2ccc(C(F)(F)F)cc2)CCN1C. The molecule has 2 unspecified atom stereocenters. The van der Waals surface area contributed by atoms with Crippen molar-refractivity contribution >= 4 is 0 Å². The quantitative estimate of drug-likeness (QED) is 0.928. The van der Waals surface area contributed by atoms with Crippen LogP contribution in [0.3, 0.4) is 0 Å². The second-order valence-electron chi connectivity index (χ2n) is 5.64. The summed E-state index contributed by atoms with van der Waals surface area (Å²) in [6, 6.07) is 5.21. The van der Waals surface area contributed by atoms with E-state index in [0.717, 1.165) is 37.3 Å². The molecule has 0 saturated carbocycles. The van der Waals surface area contributed by atoms with Crippen molar-refractivity contribution in [2.45, 2.75) is 25.2 Å². The molecule has 2 atom stereocenters. The van der Waals surface area contributed by atoms with Crippen LogP contribution in [0, 0.1) is 0 Å². The van der Waals surface area contributed by atoms with E-state index in [2.05, 4.69) is 16.7 Å². The van der Waals surface area contributed by atoms with E-state index in [-0.39, 0.29) is 12.6 Å². The minimum atomic E-state index is -4.32. The molecule has 21 heavy (non-hydrogen) atoms. The zero-order valence-electron chi connectivity index (χ0n) is 12.3. The molecule has 1 saturated heterocycles. The van der Waals surface area contributed by atoms with Crippen LogP contribution < -0.4 is 0 Å². The number of aliphatic hydroxyl groups is 1. The van der Waals surface area contributed by atoms with Crippen LogP contribution >= 0.6 is 0 Å². The Balaban J connectivity index is 2.14. The molecule has 1 heterocycles. The third-order valence-corrected chi connectivity index (χ3v) is 4.23. The Kier molecular flexibility index (Phi) is 4.91. The molecule has 1 fully saturated rings. The number of halogens is 3. The fourth-order valence-electron chi connectivity index (χ4n) is 2.69.